The van der Waals surface area contributed by atoms with Gasteiger partial charge < -0.3 is 5.32 Å². The first-order chi connectivity index (χ1) is 10.7. The molecule has 1 amide bonds. The summed E-state index contributed by atoms with van der Waals surface area (Å²) in [7, 11) is 0. The minimum Gasteiger partial charge on any atom is -0.302 e. The van der Waals surface area contributed by atoms with Crippen LogP contribution in [0.15, 0.2) is 6.20 Å². The molecule has 0 spiro atoms. The van der Waals surface area contributed by atoms with E-state index in [1.54, 1.807) is 11.3 Å². The maximum atomic E-state index is 12.3. The average Bonchev–Trinajstić information content (AvgIpc) is 2.97. The Morgan fingerprint density at radius 3 is 2.82 bits per heavy atom. The number of nitrogens with one attached hydrogen (secondary N) is 1. The summed E-state index contributed by atoms with van der Waals surface area (Å²) in [5.41, 5.74) is 0. The van der Waals surface area contributed by atoms with Crippen LogP contribution in [-0.2, 0) is 11.3 Å². The van der Waals surface area contributed by atoms with Crippen LogP contribution in [0.5, 0.6) is 0 Å². The third-order valence-electron chi connectivity index (χ3n) is 5.06. The minimum absolute atomic E-state index is 0.173. The summed E-state index contributed by atoms with van der Waals surface area (Å²) in [5.74, 6) is 0.371. The van der Waals surface area contributed by atoms with Gasteiger partial charge in [-0.25, -0.2) is 4.98 Å². The molecule has 1 N–H and O–H groups in total. The Kier molecular flexibility index (Phi) is 5.47. The van der Waals surface area contributed by atoms with E-state index in [2.05, 4.69) is 22.1 Å². The number of anilines is 1. The van der Waals surface area contributed by atoms with Gasteiger partial charge in [0.15, 0.2) is 5.13 Å². The fourth-order valence-electron chi connectivity index (χ4n) is 3.60. The summed E-state index contributed by atoms with van der Waals surface area (Å²) in [4.78, 5) is 20.5. The van der Waals surface area contributed by atoms with Gasteiger partial charge in [-0.3, -0.25) is 9.69 Å². The molecule has 1 aromatic heterocycles. The summed E-state index contributed by atoms with van der Waals surface area (Å²) < 4.78 is 0. The van der Waals surface area contributed by atoms with Crippen molar-refractivity contribution in [1.82, 2.24) is 9.88 Å². The molecule has 0 aromatic carbocycles. The van der Waals surface area contributed by atoms with Crippen LogP contribution in [0, 0.1) is 5.92 Å². The third kappa shape index (κ3) is 4.07. The van der Waals surface area contributed by atoms with Gasteiger partial charge in [0.05, 0.1) is 0 Å². The lowest BCUT2D eigenvalue weighted by Gasteiger charge is -2.32. The molecule has 0 radical (unpaired) electrons. The van der Waals surface area contributed by atoms with Crippen molar-refractivity contribution in [3.05, 3.63) is 11.1 Å². The van der Waals surface area contributed by atoms with Gasteiger partial charge in [-0.1, -0.05) is 25.7 Å². The first-order valence-electron chi connectivity index (χ1n) is 8.72. The number of carbonyl (C=O) groups is 1. The maximum Gasteiger partial charge on any atom is 0.229 e. The lowest BCUT2D eigenvalue weighted by atomic mass is 9.89. The SMILES string of the molecule is CC1CCCCN1Cc1cnc(NC(=O)C2CCCCC2)s1. The lowest BCUT2D eigenvalue weighted by molar-refractivity contribution is -0.120. The molecule has 3 rings (SSSR count). The van der Waals surface area contributed by atoms with Gasteiger partial charge in [-0.15, -0.1) is 11.3 Å². The zero-order valence-corrected chi connectivity index (χ0v) is 14.3. The normalized spacial score (nSPS) is 24.3. The van der Waals surface area contributed by atoms with Crippen molar-refractivity contribution < 1.29 is 4.79 Å². The molecule has 122 valence electrons. The molecule has 2 heterocycles. The number of amides is 1. The smallest absolute Gasteiger partial charge is 0.229 e. The van der Waals surface area contributed by atoms with Crippen molar-refractivity contribution in [3.63, 3.8) is 0 Å². The highest BCUT2D eigenvalue weighted by molar-refractivity contribution is 7.15. The van der Waals surface area contributed by atoms with E-state index in [9.17, 15) is 4.79 Å². The molecule has 4 nitrogen and oxygen atoms in total. The van der Waals surface area contributed by atoms with Crippen LogP contribution >= 0.6 is 11.3 Å². The Morgan fingerprint density at radius 2 is 2.05 bits per heavy atom. The van der Waals surface area contributed by atoms with Crippen molar-refractivity contribution in [2.24, 2.45) is 5.92 Å². The number of rotatable bonds is 4. The van der Waals surface area contributed by atoms with E-state index in [4.69, 9.17) is 0 Å². The Labute approximate surface area is 137 Å². The molecular formula is C17H27N3OS. The van der Waals surface area contributed by atoms with Crippen molar-refractivity contribution in [3.8, 4) is 0 Å². The van der Waals surface area contributed by atoms with Crippen LogP contribution in [0.25, 0.3) is 0 Å². The predicted molar refractivity (Wildman–Crippen MR) is 91.0 cm³/mol. The van der Waals surface area contributed by atoms with Crippen LogP contribution in [0.2, 0.25) is 0 Å². The van der Waals surface area contributed by atoms with Gasteiger partial charge in [0.25, 0.3) is 0 Å². The van der Waals surface area contributed by atoms with E-state index in [-0.39, 0.29) is 11.8 Å². The summed E-state index contributed by atoms with van der Waals surface area (Å²) >= 11 is 1.64. The third-order valence-corrected chi connectivity index (χ3v) is 5.96. The highest BCUT2D eigenvalue weighted by Crippen LogP contribution is 2.27. The quantitative estimate of drug-likeness (QED) is 0.910. The molecule has 1 aromatic rings. The van der Waals surface area contributed by atoms with Crippen LogP contribution in [0.4, 0.5) is 5.13 Å². The fraction of sp³-hybridized carbons (Fsp3) is 0.765. The number of aromatic nitrogens is 1. The first-order valence-corrected chi connectivity index (χ1v) is 9.53. The first kappa shape index (κ1) is 15.9. The minimum atomic E-state index is 0.173. The van der Waals surface area contributed by atoms with E-state index < -0.39 is 0 Å². The summed E-state index contributed by atoms with van der Waals surface area (Å²) in [6.45, 7) is 4.47. The standard InChI is InChI=1S/C17H27N3OS/c1-13-7-5-6-10-20(13)12-15-11-18-17(22-15)19-16(21)14-8-3-2-4-9-14/h11,13-14H,2-10,12H2,1H3,(H,18,19,21). The second-order valence-electron chi connectivity index (χ2n) is 6.77. The molecule has 2 fully saturated rings. The fourth-order valence-corrected chi connectivity index (χ4v) is 4.44. The number of nitrogens with zero attached hydrogens (tertiary/aromatic N) is 2. The van der Waals surface area contributed by atoms with Gasteiger partial charge in [0, 0.05) is 29.6 Å². The zero-order valence-electron chi connectivity index (χ0n) is 13.5. The molecule has 1 unspecified atom stereocenters. The van der Waals surface area contributed by atoms with Gasteiger partial charge in [0.2, 0.25) is 5.91 Å². The van der Waals surface area contributed by atoms with E-state index >= 15 is 0 Å². The molecule has 1 saturated carbocycles. The highest BCUT2D eigenvalue weighted by atomic mass is 32.1. The predicted octanol–water partition coefficient (Wildman–Crippen LogP) is 4.04. The number of hydrogen-bond acceptors (Lipinski definition) is 4. The zero-order chi connectivity index (χ0) is 15.4. The van der Waals surface area contributed by atoms with Crippen LogP contribution in [-0.4, -0.2) is 28.4 Å². The molecular weight excluding hydrogens is 294 g/mol. The number of likely N-dealkylation sites (tertiary alicyclic amines) is 1. The molecule has 22 heavy (non-hydrogen) atoms. The molecule has 1 aliphatic heterocycles. The van der Waals surface area contributed by atoms with Gasteiger partial charge >= 0.3 is 0 Å². The molecule has 1 atom stereocenters. The van der Waals surface area contributed by atoms with Crippen molar-refractivity contribution in [2.75, 3.05) is 11.9 Å². The Balaban J connectivity index is 1.53. The van der Waals surface area contributed by atoms with Crippen LogP contribution < -0.4 is 5.32 Å². The summed E-state index contributed by atoms with van der Waals surface area (Å²) in [6, 6.07) is 0.663. The number of carbonyl (C=O) groups excluding carboxylic acids is 1. The second kappa shape index (κ2) is 7.55. The Hall–Kier alpha value is -0.940. The summed E-state index contributed by atoms with van der Waals surface area (Å²) in [5, 5.41) is 3.80. The van der Waals surface area contributed by atoms with Crippen molar-refractivity contribution >= 4 is 22.4 Å². The van der Waals surface area contributed by atoms with Crippen LogP contribution in [0.3, 0.4) is 0 Å². The summed E-state index contributed by atoms with van der Waals surface area (Å²) in [6.07, 6.45) is 11.6. The molecule has 1 aliphatic carbocycles. The second-order valence-corrected chi connectivity index (χ2v) is 7.89. The van der Waals surface area contributed by atoms with Crippen molar-refractivity contribution in [1.29, 1.82) is 0 Å². The number of hydrogen-bond donors (Lipinski definition) is 1. The van der Waals surface area contributed by atoms with Crippen molar-refractivity contribution in [2.45, 2.75) is 70.9 Å². The van der Waals surface area contributed by atoms with E-state index in [0.717, 1.165) is 24.5 Å². The topological polar surface area (TPSA) is 45.2 Å². The Bertz CT molecular complexity index is 496. The lowest BCUT2D eigenvalue weighted by Crippen LogP contribution is -2.36. The van der Waals surface area contributed by atoms with Gasteiger partial charge in [-0.2, -0.15) is 0 Å². The van der Waals surface area contributed by atoms with Gasteiger partial charge in [-0.05, 0) is 39.2 Å². The molecule has 1 saturated heterocycles. The maximum absolute atomic E-state index is 12.3. The monoisotopic (exact) mass is 321 g/mol. The molecule has 2 aliphatic rings. The number of piperidine rings is 1. The number of thiazole rings is 1. The molecule has 0 bridgehead atoms. The average molecular weight is 321 g/mol. The van der Waals surface area contributed by atoms with Gasteiger partial charge in [0.1, 0.15) is 0 Å². The Morgan fingerprint density at radius 1 is 1.27 bits per heavy atom. The highest BCUT2D eigenvalue weighted by Gasteiger charge is 2.22. The largest absolute Gasteiger partial charge is 0.302 e. The molecule has 5 heteroatoms. The van der Waals surface area contributed by atoms with E-state index in [1.165, 1.54) is 49.9 Å². The van der Waals surface area contributed by atoms with E-state index in [1.807, 2.05) is 6.20 Å². The van der Waals surface area contributed by atoms with E-state index in [0.29, 0.717) is 6.04 Å². The van der Waals surface area contributed by atoms with Crippen LogP contribution in [0.1, 0.15) is 63.2 Å².